The number of hydrogen-bond acceptors (Lipinski definition) is 1. The molecule has 0 amide bonds. The lowest BCUT2D eigenvalue weighted by atomic mass is 10.00. The van der Waals surface area contributed by atoms with Crippen LogP contribution < -0.4 is 0 Å². The number of halogens is 1. The summed E-state index contributed by atoms with van der Waals surface area (Å²) < 4.78 is 6.97. The Morgan fingerprint density at radius 1 is 1.42 bits per heavy atom. The molecule has 0 saturated heterocycles. The van der Waals surface area contributed by atoms with Crippen molar-refractivity contribution < 1.29 is 4.74 Å². The molecule has 0 bridgehead atoms. The summed E-state index contributed by atoms with van der Waals surface area (Å²) in [6.07, 6.45) is 8.35. The predicted molar refractivity (Wildman–Crippen MR) is 82.0 cm³/mol. The normalized spacial score (nSPS) is 16.3. The third-order valence-corrected chi connectivity index (χ3v) is 4.23. The Balaban J connectivity index is 2.00. The summed E-state index contributed by atoms with van der Waals surface area (Å²) in [5.41, 5.74) is 3.78. The molecule has 1 aliphatic rings. The number of nitrogens with one attached hydrogen (secondary N) is 1. The lowest BCUT2D eigenvalue weighted by Gasteiger charge is -2.21. The van der Waals surface area contributed by atoms with E-state index in [1.165, 1.54) is 22.2 Å². The summed E-state index contributed by atoms with van der Waals surface area (Å²) in [6.45, 7) is 2.84. The molecule has 99 valence electrons. The number of para-hydroxylation sites is 1. The Hall–Kier alpha value is -1.06. The van der Waals surface area contributed by atoms with Crippen molar-refractivity contribution >= 4 is 26.8 Å². The van der Waals surface area contributed by atoms with E-state index in [9.17, 15) is 0 Å². The van der Waals surface area contributed by atoms with Crippen LogP contribution in [-0.4, -0.2) is 11.6 Å². The number of ether oxygens (including phenoxy) is 1. The topological polar surface area (TPSA) is 25.0 Å². The molecule has 1 aromatic heterocycles. The van der Waals surface area contributed by atoms with Gasteiger partial charge < -0.3 is 9.72 Å². The molecule has 1 radical (unpaired) electrons. The van der Waals surface area contributed by atoms with Crippen LogP contribution >= 0.6 is 15.9 Å². The summed E-state index contributed by atoms with van der Waals surface area (Å²) in [5.74, 6) is 0. The average Bonchev–Trinajstić information content (AvgIpc) is 2.80. The first-order chi connectivity index (χ1) is 9.31. The number of aromatic nitrogens is 1. The monoisotopic (exact) mass is 318 g/mol. The Bertz CT molecular complexity index is 614. The largest absolute Gasteiger partial charge is 0.365 e. The van der Waals surface area contributed by atoms with Crippen molar-refractivity contribution in [3.05, 3.63) is 52.2 Å². The zero-order chi connectivity index (χ0) is 13.2. The van der Waals surface area contributed by atoms with Gasteiger partial charge in [0.05, 0.1) is 17.8 Å². The van der Waals surface area contributed by atoms with E-state index in [2.05, 4.69) is 58.2 Å². The van der Waals surface area contributed by atoms with Gasteiger partial charge in [-0.3, -0.25) is 0 Å². The predicted octanol–water partition coefficient (Wildman–Crippen LogP) is 4.74. The van der Waals surface area contributed by atoms with Crippen molar-refractivity contribution in [3.63, 3.8) is 0 Å². The van der Waals surface area contributed by atoms with Crippen LogP contribution in [0.2, 0.25) is 0 Å². The highest BCUT2D eigenvalue weighted by molar-refractivity contribution is 9.10. The molecule has 2 aromatic rings. The first kappa shape index (κ1) is 12.9. The van der Waals surface area contributed by atoms with E-state index >= 15 is 0 Å². The minimum atomic E-state index is 0.789. The van der Waals surface area contributed by atoms with Crippen molar-refractivity contribution in [1.82, 2.24) is 4.98 Å². The number of H-pyrrole nitrogens is 1. The summed E-state index contributed by atoms with van der Waals surface area (Å²) >= 11 is 3.61. The van der Waals surface area contributed by atoms with Gasteiger partial charge >= 0.3 is 0 Å². The Kier molecular flexibility index (Phi) is 3.76. The van der Waals surface area contributed by atoms with Crippen molar-refractivity contribution in [3.8, 4) is 0 Å². The van der Waals surface area contributed by atoms with Gasteiger partial charge in [0, 0.05) is 9.86 Å². The first-order valence-corrected chi connectivity index (χ1v) is 7.49. The number of rotatable bonds is 3. The maximum Gasteiger partial charge on any atom is 0.143 e. The molecule has 0 atom stereocenters. The van der Waals surface area contributed by atoms with E-state index in [1.54, 1.807) is 0 Å². The summed E-state index contributed by atoms with van der Waals surface area (Å²) in [7, 11) is 0. The van der Waals surface area contributed by atoms with Crippen LogP contribution in [-0.2, 0) is 11.2 Å². The minimum Gasteiger partial charge on any atom is -0.365 e. The van der Waals surface area contributed by atoms with Crippen molar-refractivity contribution in [1.29, 1.82) is 0 Å². The molecule has 2 nitrogen and oxygen atoms in total. The second-order valence-corrected chi connectivity index (χ2v) is 5.62. The quantitative estimate of drug-likeness (QED) is 0.812. The Labute approximate surface area is 122 Å². The van der Waals surface area contributed by atoms with E-state index in [0.717, 1.165) is 36.4 Å². The molecule has 2 heterocycles. The number of aromatic amines is 1. The summed E-state index contributed by atoms with van der Waals surface area (Å²) in [4.78, 5) is 3.53. The molecule has 3 rings (SSSR count). The fraction of sp³-hybridized carbons (Fsp3) is 0.312. The number of benzene rings is 1. The highest BCUT2D eigenvalue weighted by atomic mass is 79.9. The number of hydrogen-bond donors (Lipinski definition) is 1. The van der Waals surface area contributed by atoms with Gasteiger partial charge in [0.25, 0.3) is 0 Å². The second kappa shape index (κ2) is 5.51. The highest BCUT2D eigenvalue weighted by Crippen LogP contribution is 2.36. The maximum atomic E-state index is 5.86. The van der Waals surface area contributed by atoms with Gasteiger partial charge in [-0.1, -0.05) is 24.3 Å². The molecule has 0 fully saturated rings. The molecule has 0 unspecified atom stereocenters. The van der Waals surface area contributed by atoms with Gasteiger partial charge in [0.2, 0.25) is 0 Å². The van der Waals surface area contributed by atoms with E-state index in [0.29, 0.717) is 0 Å². The summed E-state index contributed by atoms with van der Waals surface area (Å²) in [5, 5.41) is 1.32. The number of fused-ring (bicyclic) bond motifs is 3. The average molecular weight is 319 g/mol. The van der Waals surface area contributed by atoms with Crippen molar-refractivity contribution in [2.75, 3.05) is 6.61 Å². The summed E-state index contributed by atoms with van der Waals surface area (Å²) in [6, 6.07) is 6.35. The molecule has 1 aromatic carbocycles. The fourth-order valence-corrected chi connectivity index (χ4v) is 3.13. The molecule has 19 heavy (non-hydrogen) atoms. The molecule has 0 aliphatic carbocycles. The Morgan fingerprint density at radius 2 is 2.32 bits per heavy atom. The van der Waals surface area contributed by atoms with Crippen LogP contribution in [0, 0.1) is 6.10 Å². The van der Waals surface area contributed by atoms with E-state index in [1.807, 2.05) is 0 Å². The van der Waals surface area contributed by atoms with Gasteiger partial charge in [0.1, 0.15) is 6.10 Å². The van der Waals surface area contributed by atoms with Gasteiger partial charge in [-0.05, 0) is 53.7 Å². The van der Waals surface area contributed by atoms with Crippen molar-refractivity contribution in [2.24, 2.45) is 0 Å². The first-order valence-electron chi connectivity index (χ1n) is 6.70. The SMILES string of the molecule is C/C=C/CC[C]1OCCc2c1[nH]c1c(Br)cccc21. The molecule has 0 saturated carbocycles. The minimum absolute atomic E-state index is 0.789. The zero-order valence-electron chi connectivity index (χ0n) is 11.0. The smallest absolute Gasteiger partial charge is 0.143 e. The third-order valence-electron chi connectivity index (χ3n) is 3.57. The fourth-order valence-electron chi connectivity index (χ4n) is 2.66. The van der Waals surface area contributed by atoms with E-state index in [-0.39, 0.29) is 0 Å². The molecule has 1 aliphatic heterocycles. The van der Waals surface area contributed by atoms with Crippen LogP contribution in [0.3, 0.4) is 0 Å². The zero-order valence-corrected chi connectivity index (χ0v) is 12.6. The van der Waals surface area contributed by atoms with Crippen LogP contribution in [0.5, 0.6) is 0 Å². The second-order valence-electron chi connectivity index (χ2n) is 4.77. The lowest BCUT2D eigenvalue weighted by molar-refractivity contribution is 0.141. The van der Waals surface area contributed by atoms with E-state index in [4.69, 9.17) is 4.74 Å². The van der Waals surface area contributed by atoms with Crippen LogP contribution in [0.1, 0.15) is 31.0 Å². The molecular formula is C16H17BrNO. The van der Waals surface area contributed by atoms with Gasteiger partial charge in [-0.25, -0.2) is 0 Å². The molecule has 3 heteroatoms. The third kappa shape index (κ3) is 2.37. The highest BCUT2D eigenvalue weighted by Gasteiger charge is 2.25. The molecule has 0 spiro atoms. The van der Waals surface area contributed by atoms with Crippen LogP contribution in [0.15, 0.2) is 34.8 Å². The lowest BCUT2D eigenvalue weighted by Crippen LogP contribution is -2.16. The molecular weight excluding hydrogens is 302 g/mol. The van der Waals surface area contributed by atoms with Crippen LogP contribution in [0.25, 0.3) is 10.9 Å². The molecule has 1 N–H and O–H groups in total. The van der Waals surface area contributed by atoms with E-state index < -0.39 is 0 Å². The van der Waals surface area contributed by atoms with Crippen molar-refractivity contribution in [2.45, 2.75) is 26.2 Å². The van der Waals surface area contributed by atoms with Crippen LogP contribution in [0.4, 0.5) is 0 Å². The Morgan fingerprint density at radius 3 is 3.16 bits per heavy atom. The van der Waals surface area contributed by atoms with Gasteiger partial charge in [-0.15, -0.1) is 0 Å². The number of allylic oxidation sites excluding steroid dienone is 2. The van der Waals surface area contributed by atoms with Gasteiger partial charge in [0.15, 0.2) is 0 Å². The standard InChI is InChI=1S/C16H17BrNO/c1-2-3-4-8-14-16-12(9-10-19-14)11-6-5-7-13(17)15(11)18-16/h2-3,5-7,18H,4,8-10H2,1H3/b3-2+. The maximum absolute atomic E-state index is 5.86. The van der Waals surface area contributed by atoms with Gasteiger partial charge in [-0.2, -0.15) is 0 Å².